The number of carboxylic acids is 6. The Morgan fingerprint density at radius 2 is 0.376 bits per heavy atom. The van der Waals surface area contributed by atoms with Crippen LogP contribution in [0, 0.1) is 13.8 Å². The number of ether oxygens (including phenoxy) is 9. The minimum absolute atomic E-state index is 0.0000855. The number of hydrogen-bond acceptors (Lipinski definition) is 25. The quantitative estimate of drug-likeness (QED) is 0.0138. The smallest absolute Gasteiger partial charge is 0.339 e. The van der Waals surface area contributed by atoms with E-state index in [4.69, 9.17) is 52.8 Å². The number of aryl methyl sites for hydroxylation is 2. The Bertz CT molecular complexity index is 5770. The first-order chi connectivity index (χ1) is 59.9. The predicted octanol–water partition coefficient (Wildman–Crippen LogP) is 15.8. The number of aliphatic hydroxyl groups is 2. The van der Waals surface area contributed by atoms with E-state index in [2.05, 4.69) is 0 Å². The standard InChI is InChI=1S/C32H26O11.C32H26O9.C30H22O11/c33-15-19-1-5-21(6-2-19)17-41-31(39)26-12-10-23(13-27(26)30(37)38)43-24-9-11-25(29(35)36)28(14-24)32(40)42-18-22-7-3-20(16-34)4-8-22;1-19-3-7-21(8-4-19)17-39-31(37)26-14-12-23(15-27(26)30(35)36)41-24-11-13-25(29(33)34)28(16-24)32(38)40-18-22-9-5-20(2)6-10-22;31-19-5-1-17(2-6-19)15-39-29(37)24-12-10-21(13-25(24)28(35)36)41-22-9-11-23(27(33)34)26(14-22)30(38)40-16-18-3-7-20(32)8-4-18/h1-14,33-34H,15-18H2,(H,35,36)(H,37,38);3-16H,17-18H2,1-2H3,(H,33,34)(H,35,36);1-14,31-32H,15-16H2,(H,33,34)(H,35,36). The highest BCUT2D eigenvalue weighted by molar-refractivity contribution is 6.07. The third kappa shape index (κ3) is 25.6. The van der Waals surface area contributed by atoms with Crippen LogP contribution in [0.1, 0.15) is 180 Å². The zero-order chi connectivity index (χ0) is 90.0. The van der Waals surface area contributed by atoms with E-state index in [-0.39, 0.29) is 154 Å². The van der Waals surface area contributed by atoms with Crippen LogP contribution >= 0.6 is 0 Å². The number of carbonyl (C=O) groups is 12. The van der Waals surface area contributed by atoms with Crippen LogP contribution in [-0.2, 0) is 81.3 Å². The van der Waals surface area contributed by atoms with Crippen LogP contribution in [0.4, 0.5) is 0 Å². The van der Waals surface area contributed by atoms with Crippen LogP contribution in [0.5, 0.6) is 46.0 Å². The summed E-state index contributed by atoms with van der Waals surface area (Å²) in [5, 5.41) is 94.8. The van der Waals surface area contributed by atoms with E-state index in [0.29, 0.717) is 33.4 Å². The maximum atomic E-state index is 12.8. The lowest BCUT2D eigenvalue weighted by Gasteiger charge is -2.12. The zero-order valence-corrected chi connectivity index (χ0v) is 66.0. The molecule has 0 aliphatic carbocycles. The molecule has 0 aliphatic heterocycles. The normalized spacial score (nSPS) is 10.5. The third-order valence-electron chi connectivity index (χ3n) is 18.1. The molecule has 10 N–H and O–H groups in total. The maximum absolute atomic E-state index is 12.8. The molecule has 0 radical (unpaired) electrons. The lowest BCUT2D eigenvalue weighted by atomic mass is 10.1. The van der Waals surface area contributed by atoms with Crippen molar-refractivity contribution in [3.63, 3.8) is 0 Å². The van der Waals surface area contributed by atoms with Crippen molar-refractivity contribution in [2.45, 2.75) is 66.7 Å². The lowest BCUT2D eigenvalue weighted by Crippen LogP contribution is -2.12. The van der Waals surface area contributed by atoms with E-state index in [0.717, 1.165) is 64.7 Å². The van der Waals surface area contributed by atoms with Crippen LogP contribution in [-0.4, -0.2) is 123 Å². The molecule has 12 aromatic carbocycles. The molecule has 636 valence electrons. The van der Waals surface area contributed by atoms with Crippen molar-refractivity contribution >= 4 is 71.6 Å². The molecule has 0 saturated carbocycles. The van der Waals surface area contributed by atoms with Gasteiger partial charge in [0.05, 0.1) is 80.0 Å². The van der Waals surface area contributed by atoms with E-state index in [1.54, 1.807) is 84.9 Å². The molecule has 0 fully saturated rings. The SMILES string of the molecule is Cc1ccc(COC(=O)c2ccc(Oc3ccc(C(=O)O)c(C(=O)OCc4ccc(C)cc4)c3)cc2C(=O)O)cc1.O=C(O)c1cc(Oc2ccc(C(=O)O)c(C(=O)OCc3ccc(CO)cc3)c2)ccc1C(=O)OCc1ccc(CO)cc1.O=C(O)c1cc(Oc2ccc(C(=O)O)c(C(=O)OCc3ccc(O)cc3)c2)ccc1C(=O)OCc1ccc(O)cc1. The number of carbonyl (C=O) groups excluding carboxylic acids is 6. The monoisotopic (exact) mass is 1700 g/mol. The molecular weight excluding hydrogens is 1630 g/mol. The maximum Gasteiger partial charge on any atom is 0.339 e. The van der Waals surface area contributed by atoms with E-state index < -0.39 is 82.8 Å². The van der Waals surface area contributed by atoms with Crippen molar-refractivity contribution in [1.29, 1.82) is 0 Å². The van der Waals surface area contributed by atoms with Gasteiger partial charge in [-0.25, -0.2) is 57.5 Å². The number of aromatic carboxylic acids is 6. The number of benzene rings is 12. The van der Waals surface area contributed by atoms with E-state index in [1.807, 2.05) is 38.1 Å². The van der Waals surface area contributed by atoms with Crippen LogP contribution in [0.15, 0.2) is 255 Å². The van der Waals surface area contributed by atoms with Crippen LogP contribution in [0.25, 0.3) is 0 Å². The summed E-state index contributed by atoms with van der Waals surface area (Å²) in [6.45, 7) is 2.87. The molecule has 0 aliphatic rings. The topological polar surface area (TPSA) is 490 Å². The number of esters is 6. The van der Waals surface area contributed by atoms with Gasteiger partial charge in [0.15, 0.2) is 0 Å². The molecule has 12 aromatic rings. The summed E-state index contributed by atoms with van der Waals surface area (Å²) < 4.78 is 48.7. The Hall–Kier alpha value is -16.8. The van der Waals surface area contributed by atoms with Gasteiger partial charge in [0.25, 0.3) is 0 Å². The number of aliphatic hydroxyl groups excluding tert-OH is 2. The van der Waals surface area contributed by atoms with Crippen molar-refractivity contribution in [3.05, 3.63) is 377 Å². The first-order valence-electron chi connectivity index (χ1n) is 37.2. The van der Waals surface area contributed by atoms with Gasteiger partial charge in [0.1, 0.15) is 85.6 Å². The summed E-state index contributed by atoms with van der Waals surface area (Å²) >= 11 is 0. The molecule has 0 heterocycles. The molecule has 0 unspecified atom stereocenters. The minimum Gasteiger partial charge on any atom is -0.508 e. The molecule has 0 spiro atoms. The van der Waals surface area contributed by atoms with Crippen LogP contribution < -0.4 is 14.2 Å². The van der Waals surface area contributed by atoms with E-state index in [9.17, 15) is 98.4 Å². The summed E-state index contributed by atoms with van der Waals surface area (Å²) in [7, 11) is 0. The summed E-state index contributed by atoms with van der Waals surface area (Å²) in [5.41, 5.74) is 3.76. The summed E-state index contributed by atoms with van der Waals surface area (Å²) in [5.74, 6) is -13.4. The van der Waals surface area contributed by atoms with E-state index in [1.165, 1.54) is 103 Å². The van der Waals surface area contributed by atoms with Gasteiger partial charge >= 0.3 is 71.6 Å². The average molecular weight is 1700 g/mol. The molecule has 0 amide bonds. The van der Waals surface area contributed by atoms with Gasteiger partial charge in [-0.15, -0.1) is 0 Å². The van der Waals surface area contributed by atoms with Gasteiger partial charge in [0, 0.05) is 0 Å². The van der Waals surface area contributed by atoms with Gasteiger partial charge in [-0.05, 0) is 192 Å². The highest BCUT2D eigenvalue weighted by Gasteiger charge is 2.27. The molecule has 31 heteroatoms. The minimum atomic E-state index is -1.42. The second-order valence-corrected chi connectivity index (χ2v) is 27.1. The predicted molar refractivity (Wildman–Crippen MR) is 439 cm³/mol. The van der Waals surface area contributed by atoms with Crippen LogP contribution in [0.3, 0.4) is 0 Å². The first-order valence-corrected chi connectivity index (χ1v) is 37.2. The molecular formula is C94H74O31. The van der Waals surface area contributed by atoms with Crippen molar-refractivity contribution in [2.75, 3.05) is 0 Å². The summed E-state index contributed by atoms with van der Waals surface area (Å²) in [6.07, 6.45) is 0. The number of carboxylic acid groups (broad SMARTS) is 6. The Balaban J connectivity index is 0.000000196. The Labute approximate surface area is 709 Å². The number of phenols is 2. The van der Waals surface area contributed by atoms with Gasteiger partial charge in [-0.1, -0.05) is 132 Å². The Morgan fingerprint density at radius 3 is 0.576 bits per heavy atom. The first kappa shape index (κ1) is 90.5. The fourth-order valence-electron chi connectivity index (χ4n) is 11.5. The number of phenolic OH excluding ortho intramolecular Hbond substituents is 2. The third-order valence-corrected chi connectivity index (χ3v) is 18.1. The van der Waals surface area contributed by atoms with E-state index >= 15 is 0 Å². The Kier molecular flexibility index (Phi) is 30.9. The molecule has 31 nitrogen and oxygen atoms in total. The Morgan fingerprint density at radius 1 is 0.208 bits per heavy atom. The fourth-order valence-corrected chi connectivity index (χ4v) is 11.5. The lowest BCUT2D eigenvalue weighted by molar-refractivity contribution is 0.0457. The molecule has 0 saturated heterocycles. The van der Waals surface area contributed by atoms with Crippen molar-refractivity contribution in [2.24, 2.45) is 0 Å². The van der Waals surface area contributed by atoms with Crippen molar-refractivity contribution < 1.29 is 151 Å². The molecule has 0 atom stereocenters. The second kappa shape index (κ2) is 42.7. The summed E-state index contributed by atoms with van der Waals surface area (Å²) in [6, 6.07) is 61.7. The van der Waals surface area contributed by atoms with Gasteiger partial charge in [0.2, 0.25) is 0 Å². The van der Waals surface area contributed by atoms with Gasteiger partial charge in [-0.3, -0.25) is 0 Å². The number of aromatic hydroxyl groups is 2. The zero-order valence-electron chi connectivity index (χ0n) is 66.0. The van der Waals surface area contributed by atoms with Gasteiger partial charge < -0.3 is 93.7 Å². The summed E-state index contributed by atoms with van der Waals surface area (Å²) in [4.78, 5) is 147. The molecule has 0 aromatic heterocycles. The van der Waals surface area contributed by atoms with Crippen LogP contribution in [0.2, 0.25) is 0 Å². The fraction of sp³-hybridized carbons (Fsp3) is 0.106. The largest absolute Gasteiger partial charge is 0.508 e. The second-order valence-electron chi connectivity index (χ2n) is 27.1. The molecule has 0 bridgehead atoms. The van der Waals surface area contributed by atoms with Gasteiger partial charge in [-0.2, -0.15) is 0 Å². The highest BCUT2D eigenvalue weighted by Crippen LogP contribution is 2.33. The molecule has 12 rings (SSSR count). The number of rotatable bonds is 32. The number of hydrogen-bond donors (Lipinski definition) is 10. The molecule has 125 heavy (non-hydrogen) atoms. The van der Waals surface area contributed by atoms with Crippen molar-refractivity contribution in [1.82, 2.24) is 0 Å². The van der Waals surface area contributed by atoms with Crippen molar-refractivity contribution in [3.8, 4) is 46.0 Å². The average Bonchev–Trinajstić information content (AvgIpc) is 0.813. The highest BCUT2D eigenvalue weighted by atomic mass is 16.6.